The van der Waals surface area contributed by atoms with E-state index in [0.29, 0.717) is 6.42 Å². The molecule has 1 aromatic carbocycles. The smallest absolute Gasteiger partial charge is 0.0641 e. The van der Waals surface area contributed by atoms with Crippen LogP contribution >= 0.6 is 12.4 Å². The maximum atomic E-state index is 8.55. The van der Waals surface area contributed by atoms with Crippen molar-refractivity contribution in [1.29, 1.82) is 5.26 Å². The van der Waals surface area contributed by atoms with E-state index in [9.17, 15) is 0 Å². The molecule has 0 amide bonds. The molecule has 76 valence electrons. The topological polar surface area (TPSA) is 49.8 Å². The second-order valence-electron chi connectivity index (χ2n) is 3.27. The molecule has 0 aliphatic carbocycles. The molecule has 0 fully saturated rings. The Morgan fingerprint density at radius 3 is 2.29 bits per heavy atom. The van der Waals surface area contributed by atoms with Crippen LogP contribution in [0.1, 0.15) is 29.2 Å². The van der Waals surface area contributed by atoms with E-state index in [1.54, 1.807) is 0 Å². The lowest BCUT2D eigenvalue weighted by Crippen LogP contribution is -2.12. The molecule has 0 radical (unpaired) electrons. The van der Waals surface area contributed by atoms with Gasteiger partial charge in [-0.15, -0.1) is 12.4 Å². The van der Waals surface area contributed by atoms with Gasteiger partial charge in [-0.05, 0) is 30.5 Å². The Morgan fingerprint density at radius 1 is 1.36 bits per heavy atom. The molecule has 0 heterocycles. The normalized spacial score (nSPS) is 11.3. The maximum absolute atomic E-state index is 8.55. The van der Waals surface area contributed by atoms with Gasteiger partial charge in [0.05, 0.1) is 12.5 Å². The minimum atomic E-state index is -0.147. The van der Waals surface area contributed by atoms with E-state index in [1.165, 1.54) is 11.1 Å². The summed E-state index contributed by atoms with van der Waals surface area (Å²) in [6.07, 6.45) is 0.381. The summed E-state index contributed by atoms with van der Waals surface area (Å²) in [5.74, 6) is 0. The average molecular weight is 211 g/mol. The molecule has 14 heavy (non-hydrogen) atoms. The van der Waals surface area contributed by atoms with Crippen molar-refractivity contribution in [3.63, 3.8) is 0 Å². The van der Waals surface area contributed by atoms with Gasteiger partial charge in [0, 0.05) is 6.04 Å². The van der Waals surface area contributed by atoms with Gasteiger partial charge in [0.15, 0.2) is 0 Å². The van der Waals surface area contributed by atoms with Gasteiger partial charge in [-0.3, -0.25) is 0 Å². The van der Waals surface area contributed by atoms with Crippen LogP contribution in [0.25, 0.3) is 0 Å². The molecule has 3 heteroatoms. The van der Waals surface area contributed by atoms with Crippen molar-refractivity contribution in [3.8, 4) is 6.07 Å². The number of hydrogen-bond acceptors (Lipinski definition) is 2. The highest BCUT2D eigenvalue weighted by molar-refractivity contribution is 5.85. The Bertz CT molecular complexity index is 321. The molecule has 0 saturated heterocycles. The number of halogens is 1. The van der Waals surface area contributed by atoms with Crippen LogP contribution in [0.5, 0.6) is 0 Å². The average Bonchev–Trinajstić information content (AvgIpc) is 2.04. The Hall–Kier alpha value is -1.04. The van der Waals surface area contributed by atoms with E-state index < -0.39 is 0 Å². The fourth-order valence-electron chi connectivity index (χ4n) is 1.61. The molecule has 0 bridgehead atoms. The molecule has 0 aliphatic heterocycles. The Labute approximate surface area is 91.1 Å². The molecule has 1 atom stereocenters. The van der Waals surface area contributed by atoms with Crippen molar-refractivity contribution in [2.24, 2.45) is 5.73 Å². The molecular weight excluding hydrogens is 196 g/mol. The molecule has 0 aromatic heterocycles. The molecule has 2 nitrogen and oxygen atoms in total. The van der Waals surface area contributed by atoms with E-state index in [-0.39, 0.29) is 18.4 Å². The summed E-state index contributed by atoms with van der Waals surface area (Å²) >= 11 is 0. The zero-order valence-corrected chi connectivity index (χ0v) is 9.27. The fourth-order valence-corrected chi connectivity index (χ4v) is 1.61. The highest BCUT2D eigenvalue weighted by Gasteiger charge is 2.10. The summed E-state index contributed by atoms with van der Waals surface area (Å²) in [6.45, 7) is 4.05. The summed E-state index contributed by atoms with van der Waals surface area (Å²) in [4.78, 5) is 0. The van der Waals surface area contributed by atoms with Crippen molar-refractivity contribution < 1.29 is 0 Å². The van der Waals surface area contributed by atoms with E-state index in [4.69, 9.17) is 11.0 Å². The Balaban J connectivity index is 0.00000169. The Kier molecular flexibility index (Phi) is 5.22. The molecule has 0 spiro atoms. The van der Waals surface area contributed by atoms with Gasteiger partial charge in [-0.1, -0.05) is 18.2 Å². The summed E-state index contributed by atoms with van der Waals surface area (Å²) in [6, 6.07) is 8.01. The van der Waals surface area contributed by atoms with Crippen LogP contribution in [0.2, 0.25) is 0 Å². The lowest BCUT2D eigenvalue weighted by molar-refractivity contribution is 0.736. The SMILES string of the molecule is Cc1cccc(C)c1[C@@H](N)CC#N.Cl. The number of hydrogen-bond donors (Lipinski definition) is 1. The third kappa shape index (κ3) is 2.73. The zero-order chi connectivity index (χ0) is 9.84. The summed E-state index contributed by atoms with van der Waals surface area (Å²) in [5, 5.41) is 8.55. The van der Waals surface area contributed by atoms with Crippen molar-refractivity contribution in [2.75, 3.05) is 0 Å². The number of benzene rings is 1. The van der Waals surface area contributed by atoms with Crippen LogP contribution in [0.3, 0.4) is 0 Å². The van der Waals surface area contributed by atoms with Crippen LogP contribution in [-0.2, 0) is 0 Å². The third-order valence-corrected chi connectivity index (χ3v) is 2.22. The number of nitriles is 1. The summed E-state index contributed by atoms with van der Waals surface area (Å²) in [7, 11) is 0. The van der Waals surface area contributed by atoms with Gasteiger partial charge in [-0.25, -0.2) is 0 Å². The lowest BCUT2D eigenvalue weighted by atomic mass is 9.95. The van der Waals surface area contributed by atoms with Crippen molar-refractivity contribution in [3.05, 3.63) is 34.9 Å². The largest absolute Gasteiger partial charge is 0.323 e. The number of nitrogens with zero attached hydrogens (tertiary/aromatic N) is 1. The van der Waals surface area contributed by atoms with Gasteiger partial charge >= 0.3 is 0 Å². The van der Waals surface area contributed by atoms with Gasteiger partial charge < -0.3 is 5.73 Å². The van der Waals surface area contributed by atoms with E-state index in [0.717, 1.165) is 5.56 Å². The monoisotopic (exact) mass is 210 g/mol. The van der Waals surface area contributed by atoms with E-state index in [1.807, 2.05) is 32.0 Å². The number of rotatable bonds is 2. The van der Waals surface area contributed by atoms with E-state index >= 15 is 0 Å². The quantitative estimate of drug-likeness (QED) is 0.816. The minimum absolute atomic E-state index is 0. The highest BCUT2D eigenvalue weighted by atomic mass is 35.5. The minimum Gasteiger partial charge on any atom is -0.323 e. The third-order valence-electron chi connectivity index (χ3n) is 2.22. The first-order valence-corrected chi connectivity index (χ1v) is 4.35. The van der Waals surface area contributed by atoms with Crippen molar-refractivity contribution >= 4 is 12.4 Å². The first kappa shape index (κ1) is 13.0. The van der Waals surface area contributed by atoms with Crippen LogP contribution in [0.15, 0.2) is 18.2 Å². The highest BCUT2D eigenvalue weighted by Crippen LogP contribution is 2.21. The van der Waals surface area contributed by atoms with Crippen LogP contribution in [0.4, 0.5) is 0 Å². The van der Waals surface area contributed by atoms with E-state index in [2.05, 4.69) is 6.07 Å². The first-order valence-electron chi connectivity index (χ1n) is 4.35. The Morgan fingerprint density at radius 2 is 1.86 bits per heavy atom. The standard InChI is InChI=1S/C11H14N2.ClH/c1-8-4-3-5-9(2)11(8)10(13)6-7-12;/h3-5,10H,6,13H2,1-2H3;1H/t10-;/m0./s1. The molecule has 2 N–H and O–H groups in total. The predicted octanol–water partition coefficient (Wildman–Crippen LogP) is 2.64. The lowest BCUT2D eigenvalue weighted by Gasteiger charge is -2.14. The zero-order valence-electron chi connectivity index (χ0n) is 8.45. The predicted molar refractivity (Wildman–Crippen MR) is 60.3 cm³/mol. The number of nitrogens with two attached hydrogens (primary N) is 1. The molecular formula is C11H15ClN2. The molecule has 0 aliphatic rings. The van der Waals surface area contributed by atoms with Crippen LogP contribution in [-0.4, -0.2) is 0 Å². The van der Waals surface area contributed by atoms with Gasteiger partial charge in [0.25, 0.3) is 0 Å². The molecule has 0 saturated carbocycles. The van der Waals surface area contributed by atoms with Crippen LogP contribution in [0, 0.1) is 25.2 Å². The van der Waals surface area contributed by atoms with Crippen molar-refractivity contribution in [2.45, 2.75) is 26.3 Å². The first-order chi connectivity index (χ1) is 6.16. The molecule has 1 aromatic rings. The molecule has 1 rings (SSSR count). The van der Waals surface area contributed by atoms with Gasteiger partial charge in [-0.2, -0.15) is 5.26 Å². The van der Waals surface area contributed by atoms with Gasteiger partial charge in [0.2, 0.25) is 0 Å². The summed E-state index contributed by atoms with van der Waals surface area (Å²) in [5.41, 5.74) is 9.34. The fraction of sp³-hybridized carbons (Fsp3) is 0.364. The maximum Gasteiger partial charge on any atom is 0.0641 e. The van der Waals surface area contributed by atoms with Crippen molar-refractivity contribution in [1.82, 2.24) is 0 Å². The van der Waals surface area contributed by atoms with Crippen LogP contribution < -0.4 is 5.73 Å². The summed E-state index contributed by atoms with van der Waals surface area (Å²) < 4.78 is 0. The molecule has 0 unspecified atom stereocenters. The second-order valence-corrected chi connectivity index (χ2v) is 3.27. The second kappa shape index (κ2) is 5.64. The van der Waals surface area contributed by atoms with Gasteiger partial charge in [0.1, 0.15) is 0 Å². The number of aryl methyl sites for hydroxylation is 2.